The van der Waals surface area contributed by atoms with Crippen LogP contribution in [0.15, 0.2) is 24.8 Å². The Hall–Kier alpha value is -1.66. The quantitative estimate of drug-likeness (QED) is 0.496. The van der Waals surface area contributed by atoms with E-state index in [-0.39, 0.29) is 16.7 Å². The fraction of sp³-hybridized carbons (Fsp3) is 0.100. The Morgan fingerprint density at radius 2 is 2.19 bits per heavy atom. The highest BCUT2D eigenvalue weighted by molar-refractivity contribution is 6.60. The van der Waals surface area contributed by atoms with Gasteiger partial charge in [-0.05, 0) is 19.1 Å². The van der Waals surface area contributed by atoms with Crippen LogP contribution in [-0.4, -0.2) is 23.1 Å². The second-order valence-corrected chi connectivity index (χ2v) is 3.20. The fourth-order valence-electron chi connectivity index (χ4n) is 1.26. The Morgan fingerprint density at radius 1 is 1.56 bits per heavy atom. The highest BCUT2D eigenvalue weighted by atomic mass is 19.1. The molecular formula is C10H11BFNO3. The van der Waals surface area contributed by atoms with Crippen LogP contribution in [0.5, 0.6) is 0 Å². The smallest absolute Gasteiger partial charge is 0.423 e. The minimum atomic E-state index is -1.78. The van der Waals surface area contributed by atoms with Crippen molar-refractivity contribution < 1.29 is 19.2 Å². The molecule has 1 aromatic carbocycles. The van der Waals surface area contributed by atoms with Gasteiger partial charge in [-0.1, -0.05) is 12.6 Å². The molecule has 0 saturated heterocycles. The van der Waals surface area contributed by atoms with Crippen molar-refractivity contribution in [3.8, 4) is 0 Å². The highest BCUT2D eigenvalue weighted by Gasteiger charge is 2.20. The molecule has 3 N–H and O–H groups in total. The Kier molecular flexibility index (Phi) is 3.81. The van der Waals surface area contributed by atoms with Gasteiger partial charge in [0.05, 0.1) is 0 Å². The summed E-state index contributed by atoms with van der Waals surface area (Å²) in [5, 5.41) is 20.5. The van der Waals surface area contributed by atoms with Gasteiger partial charge < -0.3 is 15.4 Å². The molecule has 84 valence electrons. The van der Waals surface area contributed by atoms with Crippen molar-refractivity contribution in [2.24, 2.45) is 0 Å². The molecule has 1 aromatic rings. The maximum Gasteiger partial charge on any atom is 0.490 e. The van der Waals surface area contributed by atoms with Gasteiger partial charge in [-0.15, -0.1) is 0 Å². The molecule has 0 spiro atoms. The Labute approximate surface area is 92.6 Å². The van der Waals surface area contributed by atoms with Gasteiger partial charge in [0.2, 0.25) is 5.91 Å². The standard InChI is InChI=1S/C10H11BFNO3/c1-3-9(14)13-10-6(2)8(12)5-4-7(10)11(15)16/h3-5,15-16H,1H2,2H3,(H,13,14). The van der Waals surface area contributed by atoms with Crippen LogP contribution in [0.4, 0.5) is 10.1 Å². The molecular weight excluding hydrogens is 212 g/mol. The molecule has 0 radical (unpaired) electrons. The molecule has 0 aromatic heterocycles. The van der Waals surface area contributed by atoms with E-state index in [4.69, 9.17) is 10.0 Å². The first-order chi connectivity index (χ1) is 7.47. The van der Waals surface area contributed by atoms with Crippen molar-refractivity contribution in [3.05, 3.63) is 36.2 Å². The number of amides is 1. The van der Waals surface area contributed by atoms with Crippen LogP contribution in [0.3, 0.4) is 0 Å². The van der Waals surface area contributed by atoms with Crippen LogP contribution in [0.25, 0.3) is 0 Å². The molecule has 1 rings (SSSR count). The van der Waals surface area contributed by atoms with E-state index < -0.39 is 18.8 Å². The Morgan fingerprint density at radius 3 is 2.69 bits per heavy atom. The lowest BCUT2D eigenvalue weighted by Gasteiger charge is -2.13. The van der Waals surface area contributed by atoms with Gasteiger partial charge in [0, 0.05) is 16.7 Å². The fourth-order valence-corrected chi connectivity index (χ4v) is 1.26. The summed E-state index contributed by atoms with van der Waals surface area (Å²) in [5.74, 6) is -1.08. The Bertz CT molecular complexity index is 434. The lowest BCUT2D eigenvalue weighted by molar-refractivity contribution is -0.111. The molecule has 1 amide bonds. The van der Waals surface area contributed by atoms with Crippen LogP contribution in [0.1, 0.15) is 5.56 Å². The monoisotopic (exact) mass is 223 g/mol. The lowest BCUT2D eigenvalue weighted by atomic mass is 9.78. The number of halogens is 1. The number of carbonyl (C=O) groups is 1. The second kappa shape index (κ2) is 4.91. The van der Waals surface area contributed by atoms with Crippen molar-refractivity contribution in [1.29, 1.82) is 0 Å². The van der Waals surface area contributed by atoms with Crippen LogP contribution < -0.4 is 10.8 Å². The SMILES string of the molecule is C=CC(=O)Nc1c(B(O)O)ccc(F)c1C. The van der Waals surface area contributed by atoms with E-state index in [1.165, 1.54) is 13.0 Å². The summed E-state index contributed by atoms with van der Waals surface area (Å²) in [4.78, 5) is 11.1. The summed E-state index contributed by atoms with van der Waals surface area (Å²) in [5.41, 5.74) is 0.231. The third-order valence-electron chi connectivity index (χ3n) is 2.14. The molecule has 0 aliphatic rings. The lowest BCUT2D eigenvalue weighted by Crippen LogP contribution is -2.34. The van der Waals surface area contributed by atoms with Crippen LogP contribution in [-0.2, 0) is 4.79 Å². The molecule has 0 saturated carbocycles. The molecule has 0 bridgehead atoms. The number of rotatable bonds is 3. The average molecular weight is 223 g/mol. The van der Waals surface area contributed by atoms with Gasteiger partial charge in [0.15, 0.2) is 0 Å². The predicted octanol–water partition coefficient (Wildman–Crippen LogP) is -0.0616. The van der Waals surface area contributed by atoms with Gasteiger partial charge in [-0.2, -0.15) is 0 Å². The maximum absolute atomic E-state index is 13.2. The topological polar surface area (TPSA) is 69.6 Å². The van der Waals surface area contributed by atoms with E-state index in [0.717, 1.165) is 12.1 Å². The molecule has 6 heteroatoms. The number of hydrogen-bond donors (Lipinski definition) is 3. The van der Waals surface area contributed by atoms with E-state index in [1.807, 2.05) is 0 Å². The van der Waals surface area contributed by atoms with Crippen LogP contribution in [0.2, 0.25) is 0 Å². The number of anilines is 1. The molecule has 0 heterocycles. The molecule has 0 fully saturated rings. The van der Waals surface area contributed by atoms with Crippen molar-refractivity contribution in [1.82, 2.24) is 0 Å². The van der Waals surface area contributed by atoms with E-state index in [2.05, 4.69) is 11.9 Å². The van der Waals surface area contributed by atoms with Gasteiger partial charge in [-0.25, -0.2) is 4.39 Å². The number of carbonyl (C=O) groups excluding carboxylic acids is 1. The number of hydrogen-bond acceptors (Lipinski definition) is 3. The summed E-state index contributed by atoms with van der Waals surface area (Å²) in [6.45, 7) is 4.68. The third kappa shape index (κ3) is 2.47. The van der Waals surface area contributed by atoms with E-state index in [9.17, 15) is 9.18 Å². The summed E-state index contributed by atoms with van der Waals surface area (Å²) in [6, 6.07) is 2.30. The molecule has 16 heavy (non-hydrogen) atoms. The molecule has 4 nitrogen and oxygen atoms in total. The van der Waals surface area contributed by atoms with Gasteiger partial charge in [-0.3, -0.25) is 4.79 Å². The van der Waals surface area contributed by atoms with E-state index in [0.29, 0.717) is 0 Å². The maximum atomic E-state index is 13.2. The summed E-state index contributed by atoms with van der Waals surface area (Å²) < 4.78 is 13.2. The van der Waals surface area contributed by atoms with Crippen molar-refractivity contribution in [3.63, 3.8) is 0 Å². The summed E-state index contributed by atoms with van der Waals surface area (Å²) in [6.07, 6.45) is 1.01. The minimum Gasteiger partial charge on any atom is -0.423 e. The van der Waals surface area contributed by atoms with Crippen molar-refractivity contribution in [2.45, 2.75) is 6.92 Å². The van der Waals surface area contributed by atoms with E-state index >= 15 is 0 Å². The normalized spacial score (nSPS) is 9.75. The summed E-state index contributed by atoms with van der Waals surface area (Å²) in [7, 11) is -1.78. The van der Waals surface area contributed by atoms with Crippen molar-refractivity contribution >= 4 is 24.2 Å². The molecule has 0 aliphatic heterocycles. The average Bonchev–Trinajstić information content (AvgIpc) is 2.24. The zero-order valence-electron chi connectivity index (χ0n) is 8.70. The minimum absolute atomic E-state index is 0.0362. The van der Waals surface area contributed by atoms with Gasteiger partial charge in [0.25, 0.3) is 0 Å². The van der Waals surface area contributed by atoms with Crippen LogP contribution >= 0.6 is 0 Å². The van der Waals surface area contributed by atoms with Gasteiger partial charge >= 0.3 is 7.12 Å². The zero-order chi connectivity index (χ0) is 12.3. The zero-order valence-corrected chi connectivity index (χ0v) is 8.70. The number of nitrogens with one attached hydrogen (secondary N) is 1. The first kappa shape index (κ1) is 12.4. The number of benzene rings is 1. The van der Waals surface area contributed by atoms with E-state index in [1.54, 1.807) is 0 Å². The largest absolute Gasteiger partial charge is 0.490 e. The molecule has 0 unspecified atom stereocenters. The first-order valence-corrected chi connectivity index (χ1v) is 4.56. The van der Waals surface area contributed by atoms with Crippen LogP contribution in [0, 0.1) is 12.7 Å². The second-order valence-electron chi connectivity index (χ2n) is 3.20. The molecule has 0 aliphatic carbocycles. The van der Waals surface area contributed by atoms with Gasteiger partial charge in [0.1, 0.15) is 5.82 Å². The van der Waals surface area contributed by atoms with Crippen molar-refractivity contribution in [2.75, 3.05) is 5.32 Å². The summed E-state index contributed by atoms with van der Waals surface area (Å²) >= 11 is 0. The highest BCUT2D eigenvalue weighted by Crippen LogP contribution is 2.16. The first-order valence-electron chi connectivity index (χ1n) is 4.56. The molecule has 0 atom stereocenters. The third-order valence-corrected chi connectivity index (χ3v) is 2.14. The predicted molar refractivity (Wildman–Crippen MR) is 59.8 cm³/mol. The Balaban J connectivity index is 3.25.